The Morgan fingerprint density at radius 1 is 1.11 bits per heavy atom. The van der Waals surface area contributed by atoms with E-state index in [4.69, 9.17) is 4.74 Å². The first-order valence-corrected chi connectivity index (χ1v) is 9.25. The fourth-order valence-corrected chi connectivity index (χ4v) is 2.89. The van der Waals surface area contributed by atoms with E-state index in [1.165, 1.54) is 0 Å². The molecule has 0 spiro atoms. The number of carbonyl (C=O) groups is 1. The first kappa shape index (κ1) is 18.7. The Morgan fingerprint density at radius 3 is 2.44 bits per heavy atom. The zero-order valence-corrected chi connectivity index (χ0v) is 15.7. The maximum absolute atomic E-state index is 12.3. The molecule has 0 radical (unpaired) electrons. The molecule has 140 valence electrons. The summed E-state index contributed by atoms with van der Waals surface area (Å²) in [5.41, 5.74) is 2.85. The van der Waals surface area contributed by atoms with Crippen LogP contribution in [0.2, 0.25) is 0 Å². The number of nitrogens with zero attached hydrogens (tertiary/aromatic N) is 1. The Kier molecular flexibility index (Phi) is 6.26. The predicted octanol–water partition coefficient (Wildman–Crippen LogP) is 5.09. The van der Waals surface area contributed by atoms with Gasteiger partial charge in [0.2, 0.25) is 0 Å². The van der Waals surface area contributed by atoms with E-state index >= 15 is 0 Å². The van der Waals surface area contributed by atoms with E-state index in [0.717, 1.165) is 29.1 Å². The second-order valence-corrected chi connectivity index (χ2v) is 6.62. The molecule has 0 aliphatic rings. The predicted molar refractivity (Wildman–Crippen MR) is 106 cm³/mol. The van der Waals surface area contributed by atoms with Crippen molar-refractivity contribution in [3.8, 4) is 11.4 Å². The van der Waals surface area contributed by atoms with Gasteiger partial charge in [0.15, 0.2) is 0 Å². The summed E-state index contributed by atoms with van der Waals surface area (Å²) in [6.07, 6.45) is 2.28. The summed E-state index contributed by atoms with van der Waals surface area (Å²) in [5, 5.41) is 2.99. The van der Waals surface area contributed by atoms with Crippen LogP contribution in [0.15, 0.2) is 66.9 Å². The van der Waals surface area contributed by atoms with E-state index < -0.39 is 6.09 Å². The van der Waals surface area contributed by atoms with Crippen molar-refractivity contribution in [2.45, 2.75) is 32.9 Å². The number of hydrogen-bond acceptors (Lipinski definition) is 3. The maximum atomic E-state index is 12.3. The minimum absolute atomic E-state index is 0.191. The SMILES string of the molecule is CC[C@H](C)[C@H](NC(=O)OCc1ccccc1)c1cnc(-c2ccccc2)[nH]1. The van der Waals surface area contributed by atoms with E-state index in [1.807, 2.05) is 60.7 Å². The lowest BCUT2D eigenvalue weighted by molar-refractivity contribution is 0.131. The molecule has 1 heterocycles. The molecule has 0 aliphatic heterocycles. The van der Waals surface area contributed by atoms with Gasteiger partial charge in [-0.1, -0.05) is 80.9 Å². The summed E-state index contributed by atoms with van der Waals surface area (Å²) < 4.78 is 5.38. The molecule has 0 saturated heterocycles. The van der Waals surface area contributed by atoms with Gasteiger partial charge in [-0.05, 0) is 11.5 Å². The van der Waals surface area contributed by atoms with Gasteiger partial charge in [0.05, 0.1) is 17.9 Å². The highest BCUT2D eigenvalue weighted by Gasteiger charge is 2.23. The molecule has 2 N–H and O–H groups in total. The van der Waals surface area contributed by atoms with Gasteiger partial charge in [-0.25, -0.2) is 9.78 Å². The van der Waals surface area contributed by atoms with Crippen LogP contribution >= 0.6 is 0 Å². The number of carbonyl (C=O) groups excluding carboxylic acids is 1. The number of amides is 1. The molecule has 2 aromatic carbocycles. The molecule has 0 unspecified atom stereocenters. The number of rotatable bonds is 7. The molecule has 0 fully saturated rings. The van der Waals surface area contributed by atoms with E-state index in [9.17, 15) is 4.79 Å². The smallest absolute Gasteiger partial charge is 0.408 e. The summed E-state index contributed by atoms with van der Waals surface area (Å²) in [5.74, 6) is 1.02. The minimum Gasteiger partial charge on any atom is -0.445 e. The Morgan fingerprint density at radius 2 is 1.78 bits per heavy atom. The lowest BCUT2D eigenvalue weighted by Gasteiger charge is -2.22. The van der Waals surface area contributed by atoms with Crippen molar-refractivity contribution in [3.63, 3.8) is 0 Å². The number of hydrogen-bond donors (Lipinski definition) is 2. The number of imidazole rings is 1. The van der Waals surface area contributed by atoms with Gasteiger partial charge in [-0.15, -0.1) is 0 Å². The first-order valence-electron chi connectivity index (χ1n) is 9.25. The highest BCUT2D eigenvalue weighted by atomic mass is 16.5. The molecular formula is C22H25N3O2. The topological polar surface area (TPSA) is 67.0 Å². The summed E-state index contributed by atoms with van der Waals surface area (Å²) in [6, 6.07) is 19.4. The second-order valence-electron chi connectivity index (χ2n) is 6.62. The van der Waals surface area contributed by atoms with Gasteiger partial charge in [-0.2, -0.15) is 0 Å². The average molecular weight is 363 g/mol. The number of alkyl carbamates (subject to hydrolysis) is 1. The minimum atomic E-state index is -0.431. The molecule has 3 aromatic rings. The Hall–Kier alpha value is -3.08. The van der Waals surface area contributed by atoms with Crippen LogP contribution in [0, 0.1) is 5.92 Å². The van der Waals surface area contributed by atoms with Gasteiger partial charge >= 0.3 is 6.09 Å². The summed E-state index contributed by atoms with van der Waals surface area (Å²) >= 11 is 0. The lowest BCUT2D eigenvalue weighted by atomic mass is 9.97. The number of ether oxygens (including phenoxy) is 1. The third kappa shape index (κ3) is 4.97. The zero-order valence-electron chi connectivity index (χ0n) is 15.7. The monoisotopic (exact) mass is 363 g/mol. The van der Waals surface area contributed by atoms with Crippen molar-refractivity contribution in [2.75, 3.05) is 0 Å². The third-order valence-corrected chi connectivity index (χ3v) is 4.68. The standard InChI is InChI=1S/C22H25N3O2/c1-3-16(2)20(25-22(26)27-15-17-10-6-4-7-11-17)19-14-23-21(24-19)18-12-8-5-9-13-18/h4-14,16,20H,3,15H2,1-2H3,(H,23,24)(H,25,26)/t16-,20-/m0/s1. The van der Waals surface area contributed by atoms with Crippen LogP contribution in [-0.4, -0.2) is 16.1 Å². The van der Waals surface area contributed by atoms with E-state index in [0.29, 0.717) is 0 Å². The summed E-state index contributed by atoms with van der Waals surface area (Å²) in [4.78, 5) is 20.1. The summed E-state index contributed by atoms with van der Waals surface area (Å²) in [6.45, 7) is 4.45. The molecule has 5 nitrogen and oxygen atoms in total. The number of aromatic nitrogens is 2. The molecule has 3 rings (SSSR count). The van der Waals surface area contributed by atoms with Crippen LogP contribution in [0.5, 0.6) is 0 Å². The molecule has 2 atom stereocenters. The third-order valence-electron chi connectivity index (χ3n) is 4.68. The maximum Gasteiger partial charge on any atom is 0.408 e. The van der Waals surface area contributed by atoms with Crippen molar-refractivity contribution in [1.82, 2.24) is 15.3 Å². The van der Waals surface area contributed by atoms with Crippen LogP contribution in [0.3, 0.4) is 0 Å². The molecule has 1 aromatic heterocycles. The highest BCUT2D eigenvalue weighted by Crippen LogP contribution is 2.25. The number of nitrogens with one attached hydrogen (secondary N) is 2. The molecule has 27 heavy (non-hydrogen) atoms. The van der Waals surface area contributed by atoms with Gasteiger partial charge in [0.1, 0.15) is 12.4 Å². The number of benzene rings is 2. The van der Waals surface area contributed by atoms with Crippen molar-refractivity contribution < 1.29 is 9.53 Å². The quantitative estimate of drug-likeness (QED) is 0.614. The van der Waals surface area contributed by atoms with Gasteiger partial charge < -0.3 is 15.0 Å². The van der Waals surface area contributed by atoms with Crippen molar-refractivity contribution in [3.05, 3.63) is 78.1 Å². The van der Waals surface area contributed by atoms with Gasteiger partial charge in [0.25, 0.3) is 0 Å². The molecule has 0 aliphatic carbocycles. The normalized spacial score (nSPS) is 13.0. The zero-order chi connectivity index (χ0) is 19.1. The van der Waals surface area contributed by atoms with Crippen molar-refractivity contribution in [1.29, 1.82) is 0 Å². The van der Waals surface area contributed by atoms with E-state index in [2.05, 4.69) is 29.1 Å². The fraction of sp³-hybridized carbons (Fsp3) is 0.273. The largest absolute Gasteiger partial charge is 0.445 e. The molecule has 5 heteroatoms. The van der Waals surface area contributed by atoms with Crippen molar-refractivity contribution in [2.24, 2.45) is 5.92 Å². The fourth-order valence-electron chi connectivity index (χ4n) is 2.89. The highest BCUT2D eigenvalue weighted by molar-refractivity contribution is 5.68. The first-order chi connectivity index (χ1) is 13.2. The molecular weight excluding hydrogens is 338 g/mol. The lowest BCUT2D eigenvalue weighted by Crippen LogP contribution is -2.33. The molecule has 0 bridgehead atoms. The van der Waals surface area contributed by atoms with Crippen LogP contribution in [0.1, 0.15) is 37.6 Å². The molecule has 1 amide bonds. The Balaban J connectivity index is 1.69. The van der Waals surface area contributed by atoms with Crippen LogP contribution in [0.25, 0.3) is 11.4 Å². The Bertz CT molecular complexity index is 846. The second kappa shape index (κ2) is 9.03. The van der Waals surface area contributed by atoms with Crippen LogP contribution < -0.4 is 5.32 Å². The number of H-pyrrole nitrogens is 1. The van der Waals surface area contributed by atoms with E-state index in [-0.39, 0.29) is 18.6 Å². The molecule has 0 saturated carbocycles. The van der Waals surface area contributed by atoms with Gasteiger partial charge in [-0.3, -0.25) is 0 Å². The number of aromatic amines is 1. The Labute approximate surface area is 159 Å². The van der Waals surface area contributed by atoms with Gasteiger partial charge in [0, 0.05) is 5.56 Å². The van der Waals surface area contributed by atoms with Crippen molar-refractivity contribution >= 4 is 6.09 Å². The van der Waals surface area contributed by atoms with Crippen LogP contribution in [-0.2, 0) is 11.3 Å². The van der Waals surface area contributed by atoms with E-state index in [1.54, 1.807) is 6.20 Å². The summed E-state index contributed by atoms with van der Waals surface area (Å²) in [7, 11) is 0. The average Bonchev–Trinajstić information content (AvgIpc) is 3.21. The van der Waals surface area contributed by atoms with Crippen LogP contribution in [0.4, 0.5) is 4.79 Å².